The fourth-order valence-electron chi connectivity index (χ4n) is 3.77. The predicted octanol–water partition coefficient (Wildman–Crippen LogP) is 2.72. The number of rotatable bonds is 4. The zero-order valence-corrected chi connectivity index (χ0v) is 16.4. The number of aromatic nitrogens is 3. The second-order valence-corrected chi connectivity index (χ2v) is 7.90. The molecule has 4 rings (SSSR count). The lowest BCUT2D eigenvalue weighted by atomic mass is 10.1. The molecule has 0 radical (unpaired) electrons. The van der Waals surface area contributed by atoms with Crippen LogP contribution in [-0.4, -0.2) is 39.9 Å². The Labute approximate surface area is 163 Å². The molecule has 3 atom stereocenters. The van der Waals surface area contributed by atoms with E-state index in [1.165, 1.54) is 18.2 Å². The first-order valence-electron chi connectivity index (χ1n) is 9.83. The van der Waals surface area contributed by atoms with E-state index in [1.54, 1.807) is 7.05 Å². The molecule has 2 aromatic rings. The lowest BCUT2D eigenvalue weighted by Gasteiger charge is -2.25. The number of halogens is 2. The summed E-state index contributed by atoms with van der Waals surface area (Å²) in [6.07, 6.45) is 2.49. The molecule has 1 saturated carbocycles. The van der Waals surface area contributed by atoms with Gasteiger partial charge in [0, 0.05) is 43.0 Å². The van der Waals surface area contributed by atoms with Gasteiger partial charge in [0.25, 0.3) is 0 Å². The van der Waals surface area contributed by atoms with Crippen molar-refractivity contribution in [3.05, 3.63) is 47.0 Å². The van der Waals surface area contributed by atoms with Crippen LogP contribution in [0, 0.1) is 11.6 Å². The summed E-state index contributed by atoms with van der Waals surface area (Å²) in [5.41, 5.74) is 0.168. The summed E-state index contributed by atoms with van der Waals surface area (Å²) in [6, 6.07) is 4.18. The van der Waals surface area contributed by atoms with E-state index in [2.05, 4.69) is 39.6 Å². The van der Waals surface area contributed by atoms with Gasteiger partial charge in [0.2, 0.25) is 0 Å². The van der Waals surface area contributed by atoms with Crippen molar-refractivity contribution in [2.45, 2.75) is 63.6 Å². The number of guanidine groups is 1. The maximum atomic E-state index is 14.0. The number of aryl methyl sites for hydroxylation is 1. The molecule has 6 nitrogen and oxygen atoms in total. The number of nitrogens with zero attached hydrogens (tertiary/aromatic N) is 4. The van der Waals surface area contributed by atoms with Crippen LogP contribution in [0.3, 0.4) is 0 Å². The highest BCUT2D eigenvalue weighted by atomic mass is 19.1. The molecule has 0 saturated heterocycles. The van der Waals surface area contributed by atoms with E-state index in [1.807, 2.05) is 4.68 Å². The number of nitrogens with one attached hydrogen (secondary N) is 2. The fraction of sp³-hybridized carbons (Fsp3) is 0.550. The van der Waals surface area contributed by atoms with Gasteiger partial charge in [0.15, 0.2) is 11.8 Å². The molecule has 2 aliphatic rings. The van der Waals surface area contributed by atoms with Gasteiger partial charge in [-0.15, -0.1) is 0 Å². The Kier molecular flexibility index (Phi) is 5.03. The molecule has 0 amide bonds. The summed E-state index contributed by atoms with van der Waals surface area (Å²) in [5.74, 6) is 1.74. The molecule has 1 aromatic carbocycles. The highest BCUT2D eigenvalue weighted by Crippen LogP contribution is 2.43. The maximum Gasteiger partial charge on any atom is 0.191 e. The summed E-state index contributed by atoms with van der Waals surface area (Å²) in [5, 5.41) is 11.3. The monoisotopic (exact) mass is 388 g/mol. The van der Waals surface area contributed by atoms with Crippen LogP contribution in [0.15, 0.2) is 23.2 Å². The Hall–Kier alpha value is -2.51. The van der Waals surface area contributed by atoms with Crippen molar-refractivity contribution in [1.29, 1.82) is 0 Å². The van der Waals surface area contributed by atoms with Crippen LogP contribution in [0.2, 0.25) is 0 Å². The Bertz CT molecular complexity index is 871. The maximum absolute atomic E-state index is 14.0. The quantitative estimate of drug-likeness (QED) is 0.624. The third-order valence-electron chi connectivity index (χ3n) is 5.44. The summed E-state index contributed by atoms with van der Waals surface area (Å²) in [4.78, 5) is 8.90. The smallest absolute Gasteiger partial charge is 0.191 e. The second-order valence-electron chi connectivity index (χ2n) is 7.90. The molecule has 1 fully saturated rings. The molecule has 0 bridgehead atoms. The van der Waals surface area contributed by atoms with Gasteiger partial charge in [0.1, 0.15) is 17.5 Å². The van der Waals surface area contributed by atoms with Crippen molar-refractivity contribution in [3.63, 3.8) is 0 Å². The molecule has 28 heavy (non-hydrogen) atoms. The van der Waals surface area contributed by atoms with Crippen LogP contribution in [-0.2, 0) is 13.0 Å². The molecule has 1 aromatic heterocycles. The average molecular weight is 388 g/mol. The zero-order valence-electron chi connectivity index (χ0n) is 16.4. The molecule has 8 heteroatoms. The van der Waals surface area contributed by atoms with Crippen molar-refractivity contribution in [3.8, 4) is 0 Å². The number of fused-ring (bicyclic) bond motifs is 1. The minimum atomic E-state index is -0.482. The van der Waals surface area contributed by atoms with Gasteiger partial charge in [-0.3, -0.25) is 4.99 Å². The Morgan fingerprint density at radius 1 is 1.25 bits per heavy atom. The Morgan fingerprint density at radius 2 is 2.00 bits per heavy atom. The largest absolute Gasteiger partial charge is 0.353 e. The summed E-state index contributed by atoms with van der Waals surface area (Å²) in [7, 11) is 1.71. The number of hydrogen-bond acceptors (Lipinski definition) is 3. The lowest BCUT2D eigenvalue weighted by Crippen LogP contribution is -2.47. The number of hydrogen-bond donors (Lipinski definition) is 2. The third kappa shape index (κ3) is 3.72. The fourth-order valence-corrected chi connectivity index (χ4v) is 3.77. The molecule has 1 aliphatic carbocycles. The first-order valence-corrected chi connectivity index (χ1v) is 9.83. The van der Waals surface area contributed by atoms with Crippen LogP contribution in [0.4, 0.5) is 8.78 Å². The molecular formula is C20H26F2N6. The van der Waals surface area contributed by atoms with Gasteiger partial charge in [-0.1, -0.05) is 19.9 Å². The molecule has 150 valence electrons. The topological polar surface area (TPSA) is 67.1 Å². The van der Waals surface area contributed by atoms with Crippen molar-refractivity contribution in [1.82, 2.24) is 25.4 Å². The normalized spacial score (nSPS) is 24.2. The molecule has 1 aliphatic heterocycles. The van der Waals surface area contributed by atoms with Gasteiger partial charge < -0.3 is 10.6 Å². The van der Waals surface area contributed by atoms with Crippen LogP contribution in [0.1, 0.15) is 55.7 Å². The Morgan fingerprint density at radius 3 is 2.68 bits per heavy atom. The number of aliphatic imine (C=N–C) groups is 1. The van der Waals surface area contributed by atoms with Gasteiger partial charge in [-0.2, -0.15) is 5.10 Å². The Balaban J connectivity index is 1.36. The van der Waals surface area contributed by atoms with E-state index in [0.29, 0.717) is 18.3 Å². The van der Waals surface area contributed by atoms with Crippen LogP contribution in [0.5, 0.6) is 0 Å². The highest BCUT2D eigenvalue weighted by molar-refractivity contribution is 5.80. The minimum absolute atomic E-state index is 0.0179. The lowest BCUT2D eigenvalue weighted by molar-refractivity contribution is 0.391. The second kappa shape index (κ2) is 7.48. The van der Waals surface area contributed by atoms with Gasteiger partial charge in [0.05, 0.1) is 6.54 Å². The van der Waals surface area contributed by atoms with Gasteiger partial charge in [-0.05, 0) is 25.0 Å². The molecule has 2 heterocycles. The zero-order chi connectivity index (χ0) is 19.8. The van der Waals surface area contributed by atoms with E-state index in [-0.39, 0.29) is 23.6 Å². The summed E-state index contributed by atoms with van der Waals surface area (Å²) in [6.45, 7) is 4.91. The summed E-state index contributed by atoms with van der Waals surface area (Å²) >= 11 is 0. The van der Waals surface area contributed by atoms with Crippen molar-refractivity contribution in [2.75, 3.05) is 7.05 Å². The van der Waals surface area contributed by atoms with Crippen molar-refractivity contribution in [2.24, 2.45) is 4.99 Å². The van der Waals surface area contributed by atoms with Gasteiger partial charge in [-0.25, -0.2) is 18.4 Å². The van der Waals surface area contributed by atoms with Crippen LogP contribution in [0.25, 0.3) is 0 Å². The molecule has 3 unspecified atom stereocenters. The van der Waals surface area contributed by atoms with E-state index in [9.17, 15) is 8.78 Å². The number of benzene rings is 1. The average Bonchev–Trinajstić information content (AvgIpc) is 3.25. The third-order valence-corrected chi connectivity index (χ3v) is 5.44. The van der Waals surface area contributed by atoms with Gasteiger partial charge >= 0.3 is 0 Å². The van der Waals surface area contributed by atoms with Crippen molar-refractivity contribution < 1.29 is 8.78 Å². The molecule has 2 N–H and O–H groups in total. The first kappa shape index (κ1) is 18.8. The van der Waals surface area contributed by atoms with E-state index < -0.39 is 11.6 Å². The highest BCUT2D eigenvalue weighted by Gasteiger charge is 2.42. The van der Waals surface area contributed by atoms with E-state index >= 15 is 0 Å². The van der Waals surface area contributed by atoms with E-state index in [4.69, 9.17) is 0 Å². The van der Waals surface area contributed by atoms with Crippen LogP contribution >= 0.6 is 0 Å². The summed E-state index contributed by atoms with van der Waals surface area (Å²) < 4.78 is 29.9. The predicted molar refractivity (Wildman–Crippen MR) is 103 cm³/mol. The van der Waals surface area contributed by atoms with Crippen molar-refractivity contribution >= 4 is 5.96 Å². The first-order chi connectivity index (χ1) is 13.5. The SMILES string of the molecule is CN=C(NC1CCc2nc(C(C)C)nn2C1)NC1CC1c1c(F)cccc1F. The standard InChI is InChI=1S/C20H26F2N6/c1-11(2)19-26-17-8-7-12(10-28(17)27-19)24-20(23-3)25-16-9-13(16)18-14(21)5-4-6-15(18)22/h4-6,11-13,16H,7-10H2,1-3H3,(H2,23,24,25). The minimum Gasteiger partial charge on any atom is -0.353 e. The van der Waals surface area contributed by atoms with Crippen LogP contribution < -0.4 is 10.6 Å². The molecule has 0 spiro atoms. The molecular weight excluding hydrogens is 362 g/mol. The van der Waals surface area contributed by atoms with E-state index in [0.717, 1.165) is 31.0 Å².